The zero-order chi connectivity index (χ0) is 14.7. The van der Waals surface area contributed by atoms with Gasteiger partial charge in [-0.3, -0.25) is 4.79 Å². The van der Waals surface area contributed by atoms with Crippen LogP contribution in [0.2, 0.25) is 0 Å². The van der Waals surface area contributed by atoms with Crippen LogP contribution in [0.25, 0.3) is 0 Å². The maximum Gasteiger partial charge on any atom is 0.326 e. The quantitative estimate of drug-likeness (QED) is 0.905. The lowest BCUT2D eigenvalue weighted by Gasteiger charge is -2.27. The van der Waals surface area contributed by atoms with E-state index in [1.807, 2.05) is 0 Å². The van der Waals surface area contributed by atoms with E-state index in [4.69, 9.17) is 0 Å². The Hall–Kier alpha value is -1.91. The van der Waals surface area contributed by atoms with Crippen molar-refractivity contribution in [1.29, 1.82) is 0 Å². The average molecular weight is 279 g/mol. The van der Waals surface area contributed by atoms with Crippen LogP contribution < -0.4 is 0 Å². The van der Waals surface area contributed by atoms with Gasteiger partial charge in [0.1, 0.15) is 11.9 Å². The fraction of sp³-hybridized carbons (Fsp3) is 0.467. The molecule has 1 aromatic rings. The van der Waals surface area contributed by atoms with Crippen LogP contribution in [-0.2, 0) is 4.79 Å². The molecule has 0 saturated carbocycles. The second-order valence-electron chi connectivity index (χ2n) is 5.16. The molecule has 1 unspecified atom stereocenters. The van der Waals surface area contributed by atoms with Crippen LogP contribution in [0.4, 0.5) is 4.39 Å². The van der Waals surface area contributed by atoms with Gasteiger partial charge < -0.3 is 10.0 Å². The molecule has 1 fully saturated rings. The number of nitrogens with zero attached hydrogens (tertiary/aromatic N) is 1. The van der Waals surface area contributed by atoms with Crippen molar-refractivity contribution in [2.45, 2.75) is 38.6 Å². The number of carboxylic acids is 1. The van der Waals surface area contributed by atoms with Crippen LogP contribution in [-0.4, -0.2) is 34.5 Å². The van der Waals surface area contributed by atoms with Crippen LogP contribution in [0.1, 0.15) is 41.6 Å². The molecular weight excluding hydrogens is 261 g/mol. The molecule has 5 heteroatoms. The first-order valence-electron chi connectivity index (χ1n) is 6.80. The molecule has 20 heavy (non-hydrogen) atoms. The number of aliphatic carboxylic acids is 1. The monoisotopic (exact) mass is 279 g/mol. The maximum atomic E-state index is 13.3. The van der Waals surface area contributed by atoms with E-state index in [9.17, 15) is 19.1 Å². The molecule has 1 aromatic carbocycles. The molecule has 0 bridgehead atoms. The van der Waals surface area contributed by atoms with Gasteiger partial charge in [0.2, 0.25) is 0 Å². The number of hydrogen-bond acceptors (Lipinski definition) is 2. The van der Waals surface area contributed by atoms with Gasteiger partial charge in [-0.15, -0.1) is 0 Å². The van der Waals surface area contributed by atoms with E-state index in [-0.39, 0.29) is 5.56 Å². The highest BCUT2D eigenvalue weighted by Crippen LogP contribution is 2.21. The van der Waals surface area contributed by atoms with E-state index >= 15 is 0 Å². The van der Waals surface area contributed by atoms with Crippen molar-refractivity contribution in [2.75, 3.05) is 6.54 Å². The van der Waals surface area contributed by atoms with Crippen LogP contribution in [0.5, 0.6) is 0 Å². The summed E-state index contributed by atoms with van der Waals surface area (Å²) in [5.74, 6) is -1.87. The third-order valence-electron chi connectivity index (χ3n) is 3.73. The van der Waals surface area contributed by atoms with Crippen LogP contribution in [0.15, 0.2) is 18.2 Å². The van der Waals surface area contributed by atoms with E-state index in [1.165, 1.54) is 23.1 Å². The number of rotatable bonds is 2. The molecule has 1 atom stereocenters. The number of carbonyl (C=O) groups excluding carboxylic acids is 1. The molecule has 1 aliphatic heterocycles. The molecule has 1 N–H and O–H groups in total. The van der Waals surface area contributed by atoms with Gasteiger partial charge in [-0.1, -0.05) is 18.9 Å². The highest BCUT2D eigenvalue weighted by atomic mass is 19.1. The fourth-order valence-corrected chi connectivity index (χ4v) is 2.59. The summed E-state index contributed by atoms with van der Waals surface area (Å²) in [4.78, 5) is 25.2. The van der Waals surface area contributed by atoms with E-state index in [0.717, 1.165) is 19.3 Å². The van der Waals surface area contributed by atoms with E-state index in [0.29, 0.717) is 18.5 Å². The predicted octanol–water partition coefficient (Wildman–Crippen LogP) is 2.60. The smallest absolute Gasteiger partial charge is 0.326 e. The minimum atomic E-state index is -0.991. The second-order valence-corrected chi connectivity index (χ2v) is 5.16. The molecule has 1 amide bonds. The molecule has 1 saturated heterocycles. The van der Waals surface area contributed by atoms with Crippen LogP contribution in [0, 0.1) is 12.7 Å². The minimum Gasteiger partial charge on any atom is -0.480 e. The Morgan fingerprint density at radius 2 is 2.05 bits per heavy atom. The summed E-state index contributed by atoms with van der Waals surface area (Å²) in [5.41, 5.74) is 0.905. The molecule has 1 heterocycles. The van der Waals surface area contributed by atoms with E-state index < -0.39 is 23.7 Å². The highest BCUT2D eigenvalue weighted by Gasteiger charge is 2.31. The van der Waals surface area contributed by atoms with Gasteiger partial charge in [-0.05, 0) is 37.5 Å². The Bertz CT molecular complexity index is 530. The van der Waals surface area contributed by atoms with Gasteiger partial charge in [0.15, 0.2) is 0 Å². The van der Waals surface area contributed by atoms with Crippen molar-refractivity contribution < 1.29 is 19.1 Å². The van der Waals surface area contributed by atoms with Crippen molar-refractivity contribution in [3.8, 4) is 0 Å². The molecule has 108 valence electrons. The number of halogens is 1. The number of benzene rings is 1. The van der Waals surface area contributed by atoms with Crippen molar-refractivity contribution in [2.24, 2.45) is 0 Å². The van der Waals surface area contributed by atoms with Crippen molar-refractivity contribution in [3.05, 3.63) is 35.1 Å². The van der Waals surface area contributed by atoms with Gasteiger partial charge in [0.05, 0.1) is 0 Å². The molecule has 0 spiro atoms. The Labute approximate surface area is 117 Å². The van der Waals surface area contributed by atoms with Crippen LogP contribution in [0.3, 0.4) is 0 Å². The molecule has 0 aromatic heterocycles. The summed E-state index contributed by atoms with van der Waals surface area (Å²) >= 11 is 0. The number of hydrogen-bond donors (Lipinski definition) is 1. The molecule has 0 aliphatic carbocycles. The van der Waals surface area contributed by atoms with E-state index in [2.05, 4.69) is 0 Å². The Balaban J connectivity index is 2.33. The van der Waals surface area contributed by atoms with Crippen molar-refractivity contribution in [1.82, 2.24) is 4.90 Å². The SMILES string of the molecule is Cc1ccc(F)cc1C(=O)N1CCCCCC1C(=O)O. The third-order valence-corrected chi connectivity index (χ3v) is 3.73. The normalized spacial score (nSPS) is 19.5. The third kappa shape index (κ3) is 2.98. The standard InChI is InChI=1S/C15H18FNO3/c1-10-6-7-11(16)9-12(10)14(18)17-8-4-2-3-5-13(17)15(19)20/h6-7,9,13H,2-5,8H2,1H3,(H,19,20). The zero-order valence-electron chi connectivity index (χ0n) is 11.4. The molecule has 1 aliphatic rings. The summed E-state index contributed by atoms with van der Waals surface area (Å²) in [6.07, 6.45) is 2.94. The molecule has 2 rings (SSSR count). The Morgan fingerprint density at radius 1 is 1.30 bits per heavy atom. The van der Waals surface area contributed by atoms with E-state index in [1.54, 1.807) is 6.92 Å². The minimum absolute atomic E-state index is 0.248. The van der Waals surface area contributed by atoms with Crippen molar-refractivity contribution >= 4 is 11.9 Å². The Kier molecular flexibility index (Phi) is 4.37. The lowest BCUT2D eigenvalue weighted by Crippen LogP contribution is -2.44. The first kappa shape index (κ1) is 14.5. The van der Waals surface area contributed by atoms with Gasteiger partial charge in [0, 0.05) is 12.1 Å². The van der Waals surface area contributed by atoms with Gasteiger partial charge in [-0.2, -0.15) is 0 Å². The topological polar surface area (TPSA) is 57.6 Å². The second kappa shape index (κ2) is 6.03. The van der Waals surface area contributed by atoms with Gasteiger partial charge in [-0.25, -0.2) is 9.18 Å². The van der Waals surface area contributed by atoms with Gasteiger partial charge >= 0.3 is 5.97 Å². The number of amides is 1. The summed E-state index contributed by atoms with van der Waals surface area (Å²) in [6.45, 7) is 2.13. The lowest BCUT2D eigenvalue weighted by atomic mass is 10.1. The summed E-state index contributed by atoms with van der Waals surface area (Å²) in [6, 6.07) is 3.20. The van der Waals surface area contributed by atoms with Gasteiger partial charge in [0.25, 0.3) is 5.91 Å². The first-order chi connectivity index (χ1) is 9.50. The maximum absolute atomic E-state index is 13.3. The van der Waals surface area contributed by atoms with Crippen molar-refractivity contribution in [3.63, 3.8) is 0 Å². The number of likely N-dealkylation sites (tertiary alicyclic amines) is 1. The largest absolute Gasteiger partial charge is 0.480 e. The van der Waals surface area contributed by atoms with Crippen LogP contribution >= 0.6 is 0 Å². The fourth-order valence-electron chi connectivity index (χ4n) is 2.59. The molecule has 4 nitrogen and oxygen atoms in total. The molecular formula is C15H18FNO3. The molecule has 0 radical (unpaired) electrons. The Morgan fingerprint density at radius 3 is 2.75 bits per heavy atom. The lowest BCUT2D eigenvalue weighted by molar-refractivity contribution is -0.142. The summed E-state index contributed by atoms with van der Waals surface area (Å²) in [5, 5.41) is 9.29. The number of carbonyl (C=O) groups is 2. The highest BCUT2D eigenvalue weighted by molar-refractivity contribution is 5.97. The number of aryl methyl sites for hydroxylation is 1. The first-order valence-corrected chi connectivity index (χ1v) is 6.80. The predicted molar refractivity (Wildman–Crippen MR) is 72.1 cm³/mol. The average Bonchev–Trinajstić information content (AvgIpc) is 2.66. The summed E-state index contributed by atoms with van der Waals surface area (Å²) in [7, 11) is 0. The number of carboxylic acid groups (broad SMARTS) is 1. The zero-order valence-corrected chi connectivity index (χ0v) is 11.4. The summed E-state index contributed by atoms with van der Waals surface area (Å²) < 4.78 is 13.3.